The fraction of sp³-hybridized carbons (Fsp3) is 0.526. The van der Waals surface area contributed by atoms with Gasteiger partial charge >= 0.3 is 11.7 Å². The number of aromatic nitrogens is 2. The monoisotopic (exact) mass is 420 g/mol. The predicted octanol–water partition coefficient (Wildman–Crippen LogP) is 3.82. The number of hydrogen-bond acceptors (Lipinski definition) is 7. The molecule has 1 N–H and O–H groups in total. The van der Waals surface area contributed by atoms with E-state index in [2.05, 4.69) is 17.3 Å². The summed E-state index contributed by atoms with van der Waals surface area (Å²) in [6, 6.07) is 0. The van der Waals surface area contributed by atoms with Crippen molar-refractivity contribution in [3.05, 3.63) is 38.0 Å². The first-order valence-electron chi connectivity index (χ1n) is 9.74. The number of thiophene rings is 1. The van der Waals surface area contributed by atoms with Crippen molar-refractivity contribution < 1.29 is 19.2 Å². The van der Waals surface area contributed by atoms with Crippen LogP contribution in [0, 0.1) is 16.0 Å². The summed E-state index contributed by atoms with van der Waals surface area (Å²) in [5.74, 6) is -0.648. The van der Waals surface area contributed by atoms with Gasteiger partial charge in [-0.1, -0.05) is 13.3 Å². The van der Waals surface area contributed by atoms with Gasteiger partial charge < -0.3 is 10.1 Å². The Morgan fingerprint density at radius 2 is 2.17 bits per heavy atom. The summed E-state index contributed by atoms with van der Waals surface area (Å²) in [6.07, 6.45) is 4.86. The quantitative estimate of drug-likeness (QED) is 0.413. The normalized spacial score (nSPS) is 15.6. The smallest absolute Gasteiger partial charge is 0.341 e. The Balaban J connectivity index is 1.97. The third-order valence-electron chi connectivity index (χ3n) is 5.13. The average molecular weight is 420 g/mol. The Hall–Kier alpha value is -2.75. The molecule has 0 bridgehead atoms. The van der Waals surface area contributed by atoms with Gasteiger partial charge in [-0.05, 0) is 44.6 Å². The number of nitro groups is 1. The second-order valence-corrected chi connectivity index (χ2v) is 7.98. The second kappa shape index (κ2) is 8.73. The van der Waals surface area contributed by atoms with Crippen molar-refractivity contribution in [1.29, 1.82) is 0 Å². The van der Waals surface area contributed by atoms with Crippen LogP contribution in [-0.4, -0.2) is 33.2 Å². The molecule has 2 aromatic rings. The van der Waals surface area contributed by atoms with E-state index in [0.717, 1.165) is 36.1 Å². The van der Waals surface area contributed by atoms with Crippen molar-refractivity contribution >= 4 is 33.9 Å². The number of hydrogen-bond donors (Lipinski definition) is 1. The number of rotatable bonds is 7. The van der Waals surface area contributed by atoms with E-state index >= 15 is 0 Å². The summed E-state index contributed by atoms with van der Waals surface area (Å²) in [5, 5.41) is 18.4. The second-order valence-electron chi connectivity index (χ2n) is 6.88. The molecule has 1 aliphatic rings. The van der Waals surface area contributed by atoms with Crippen LogP contribution >= 0.6 is 11.3 Å². The van der Waals surface area contributed by atoms with Crippen molar-refractivity contribution in [2.45, 2.75) is 53.0 Å². The predicted molar refractivity (Wildman–Crippen MR) is 109 cm³/mol. The highest BCUT2D eigenvalue weighted by atomic mass is 32.1. The van der Waals surface area contributed by atoms with Gasteiger partial charge in [-0.25, -0.2) is 4.79 Å². The van der Waals surface area contributed by atoms with Crippen LogP contribution in [0.4, 0.5) is 10.7 Å². The van der Waals surface area contributed by atoms with Gasteiger partial charge in [0.1, 0.15) is 11.2 Å². The first-order valence-corrected chi connectivity index (χ1v) is 10.6. The van der Waals surface area contributed by atoms with Crippen LogP contribution in [0.5, 0.6) is 0 Å². The Kier molecular flexibility index (Phi) is 6.31. The van der Waals surface area contributed by atoms with E-state index in [0.29, 0.717) is 23.0 Å². The van der Waals surface area contributed by atoms with E-state index in [1.54, 1.807) is 13.8 Å². The van der Waals surface area contributed by atoms with E-state index in [-0.39, 0.29) is 18.0 Å². The molecule has 0 fully saturated rings. The lowest BCUT2D eigenvalue weighted by atomic mass is 9.85. The number of anilines is 1. The zero-order valence-electron chi connectivity index (χ0n) is 16.7. The molecule has 0 spiro atoms. The molecule has 2 heterocycles. The number of esters is 1. The van der Waals surface area contributed by atoms with Gasteiger partial charge in [0, 0.05) is 11.4 Å². The number of fused-ring (bicyclic) bond motifs is 1. The third kappa shape index (κ3) is 4.16. The Morgan fingerprint density at radius 1 is 1.41 bits per heavy atom. The summed E-state index contributed by atoms with van der Waals surface area (Å²) in [6.45, 7) is 6.26. The van der Waals surface area contributed by atoms with E-state index in [4.69, 9.17) is 4.74 Å². The van der Waals surface area contributed by atoms with Crippen molar-refractivity contribution in [2.24, 2.45) is 5.92 Å². The van der Waals surface area contributed by atoms with Crippen LogP contribution < -0.4 is 5.32 Å². The highest BCUT2D eigenvalue weighted by Gasteiger charge is 2.32. The number of carbonyl (C=O) groups is 2. The topological polar surface area (TPSA) is 116 Å². The largest absolute Gasteiger partial charge is 0.462 e. The lowest BCUT2D eigenvalue weighted by Crippen LogP contribution is -2.18. The molecule has 1 aliphatic carbocycles. The fourth-order valence-electron chi connectivity index (χ4n) is 3.54. The molecule has 0 unspecified atom stereocenters. The van der Waals surface area contributed by atoms with E-state index in [1.807, 2.05) is 0 Å². The molecule has 0 saturated carbocycles. The van der Waals surface area contributed by atoms with Gasteiger partial charge in [-0.3, -0.25) is 19.6 Å². The van der Waals surface area contributed by atoms with E-state index < -0.39 is 16.8 Å². The standard InChI is InChI=1S/C19H24N4O5S/c1-4-11-7-8-12-14(9-11)29-18(15(12)19(25)28-6-3)20-17(24)16-13(23(26)27)10-22(5-2)21-16/h10-11H,4-9H2,1-3H3,(H,20,24)/t11-/m0/s1. The zero-order chi connectivity index (χ0) is 21.1. The summed E-state index contributed by atoms with van der Waals surface area (Å²) in [7, 11) is 0. The summed E-state index contributed by atoms with van der Waals surface area (Å²) >= 11 is 1.35. The van der Waals surface area contributed by atoms with Crippen LogP contribution in [0.1, 0.15) is 64.9 Å². The minimum Gasteiger partial charge on any atom is -0.462 e. The van der Waals surface area contributed by atoms with Crippen molar-refractivity contribution in [3.63, 3.8) is 0 Å². The minimum atomic E-state index is -0.708. The van der Waals surface area contributed by atoms with Crippen LogP contribution in [0.15, 0.2) is 6.20 Å². The summed E-state index contributed by atoms with van der Waals surface area (Å²) < 4.78 is 6.54. The number of nitrogens with one attached hydrogen (secondary N) is 1. The maximum atomic E-state index is 12.8. The molecule has 0 aliphatic heterocycles. The van der Waals surface area contributed by atoms with Gasteiger partial charge in [0.25, 0.3) is 5.91 Å². The number of nitrogens with zero attached hydrogens (tertiary/aromatic N) is 3. The van der Waals surface area contributed by atoms with Gasteiger partial charge in [0.05, 0.1) is 17.1 Å². The van der Waals surface area contributed by atoms with E-state index in [1.165, 1.54) is 22.2 Å². The molecule has 156 valence electrons. The third-order valence-corrected chi connectivity index (χ3v) is 6.30. The lowest BCUT2D eigenvalue weighted by Gasteiger charge is -2.20. The number of aryl methyl sites for hydroxylation is 1. The number of carbonyl (C=O) groups excluding carboxylic acids is 2. The first kappa shape index (κ1) is 21.0. The van der Waals surface area contributed by atoms with Crippen molar-refractivity contribution in [2.75, 3.05) is 11.9 Å². The number of amides is 1. The highest BCUT2D eigenvalue weighted by molar-refractivity contribution is 7.17. The van der Waals surface area contributed by atoms with Crippen LogP contribution in [0.2, 0.25) is 0 Å². The van der Waals surface area contributed by atoms with Gasteiger partial charge in [0.15, 0.2) is 0 Å². The summed E-state index contributed by atoms with van der Waals surface area (Å²) in [4.78, 5) is 37.1. The molecular formula is C19H24N4O5S. The molecule has 9 nitrogen and oxygen atoms in total. The van der Waals surface area contributed by atoms with Crippen molar-refractivity contribution in [3.8, 4) is 0 Å². The van der Waals surface area contributed by atoms with E-state index in [9.17, 15) is 19.7 Å². The zero-order valence-corrected chi connectivity index (χ0v) is 17.5. The fourth-order valence-corrected chi connectivity index (χ4v) is 4.89. The molecule has 10 heteroatoms. The maximum Gasteiger partial charge on any atom is 0.341 e. The molecule has 0 saturated heterocycles. The first-order chi connectivity index (χ1) is 13.9. The Morgan fingerprint density at radius 3 is 2.79 bits per heavy atom. The van der Waals surface area contributed by atoms with Crippen LogP contribution in [0.3, 0.4) is 0 Å². The molecule has 2 aromatic heterocycles. The average Bonchev–Trinajstić information content (AvgIpc) is 3.28. The van der Waals surface area contributed by atoms with Crippen LogP contribution in [-0.2, 0) is 24.1 Å². The molecule has 29 heavy (non-hydrogen) atoms. The SMILES string of the molecule is CCOC(=O)c1c(NC(=O)c2nn(CC)cc2[N+](=O)[O-])sc2c1CC[C@H](CC)C2. The maximum absolute atomic E-state index is 12.8. The van der Waals surface area contributed by atoms with Gasteiger partial charge in [-0.2, -0.15) is 5.10 Å². The highest BCUT2D eigenvalue weighted by Crippen LogP contribution is 2.41. The summed E-state index contributed by atoms with van der Waals surface area (Å²) in [5.41, 5.74) is 0.647. The lowest BCUT2D eigenvalue weighted by molar-refractivity contribution is -0.385. The molecule has 0 radical (unpaired) electrons. The molecule has 3 rings (SSSR count). The molecular weight excluding hydrogens is 396 g/mol. The van der Waals surface area contributed by atoms with Gasteiger partial charge in [-0.15, -0.1) is 11.3 Å². The Bertz CT molecular complexity index is 949. The minimum absolute atomic E-state index is 0.223. The molecule has 0 aromatic carbocycles. The molecule has 1 atom stereocenters. The Labute approximate surface area is 172 Å². The van der Waals surface area contributed by atoms with Crippen molar-refractivity contribution in [1.82, 2.24) is 9.78 Å². The van der Waals surface area contributed by atoms with Gasteiger partial charge in [0.2, 0.25) is 5.69 Å². The number of ether oxygens (including phenoxy) is 1. The molecule has 1 amide bonds. The van der Waals surface area contributed by atoms with Crippen LogP contribution in [0.25, 0.3) is 0 Å².